The first-order chi connectivity index (χ1) is 17.3. The van der Waals surface area contributed by atoms with E-state index >= 15 is 0 Å². The van der Waals surface area contributed by atoms with Crippen LogP contribution >= 0.6 is 0 Å². The maximum atomic E-state index is 13.6. The van der Waals surface area contributed by atoms with Crippen LogP contribution in [0, 0.1) is 6.92 Å². The van der Waals surface area contributed by atoms with Crippen molar-refractivity contribution in [2.75, 3.05) is 18.6 Å². The number of methoxy groups -OCH3 is 1. The lowest BCUT2D eigenvalue weighted by Gasteiger charge is -2.16. The molecule has 3 heterocycles. The summed E-state index contributed by atoms with van der Waals surface area (Å²) in [6.45, 7) is 3.76. The van der Waals surface area contributed by atoms with E-state index in [-0.39, 0.29) is 29.5 Å². The minimum Gasteiger partial charge on any atom is -0.497 e. The number of amides is 1. The zero-order valence-corrected chi connectivity index (χ0v) is 21.2. The number of hydrogen-bond donors (Lipinski definition) is 1. The summed E-state index contributed by atoms with van der Waals surface area (Å²) in [5.41, 5.74) is 3.95. The summed E-state index contributed by atoms with van der Waals surface area (Å²) in [4.78, 5) is 18.5. The fourth-order valence-electron chi connectivity index (χ4n) is 4.74. The van der Waals surface area contributed by atoms with Crippen molar-refractivity contribution in [1.82, 2.24) is 20.1 Å². The van der Waals surface area contributed by atoms with Crippen molar-refractivity contribution in [1.29, 1.82) is 0 Å². The van der Waals surface area contributed by atoms with Gasteiger partial charge in [-0.3, -0.25) is 4.79 Å². The van der Waals surface area contributed by atoms with Gasteiger partial charge in [-0.25, -0.2) is 18.1 Å². The van der Waals surface area contributed by atoms with Crippen LogP contribution in [0.15, 0.2) is 60.7 Å². The van der Waals surface area contributed by atoms with Gasteiger partial charge in [0.05, 0.1) is 53.0 Å². The Hall–Kier alpha value is -3.72. The molecule has 0 saturated carbocycles. The molecular formula is C27H28N4O4S. The molecule has 2 atom stereocenters. The number of aromatic nitrogens is 3. The van der Waals surface area contributed by atoms with Crippen LogP contribution in [-0.2, 0) is 9.84 Å². The molecule has 8 nitrogen and oxygen atoms in total. The van der Waals surface area contributed by atoms with Gasteiger partial charge in [0.1, 0.15) is 5.75 Å². The molecule has 1 saturated heterocycles. The summed E-state index contributed by atoms with van der Waals surface area (Å²) in [7, 11) is -1.54. The third kappa shape index (κ3) is 4.58. The van der Waals surface area contributed by atoms with Crippen LogP contribution in [0.3, 0.4) is 0 Å². The normalized spacial score (nSPS) is 17.7. The number of rotatable bonds is 6. The van der Waals surface area contributed by atoms with Crippen LogP contribution < -0.4 is 10.1 Å². The lowest BCUT2D eigenvalue weighted by molar-refractivity contribution is 0.0941. The van der Waals surface area contributed by atoms with Gasteiger partial charge in [-0.15, -0.1) is 0 Å². The number of nitrogens with one attached hydrogen (secondary N) is 1. The second-order valence-electron chi connectivity index (χ2n) is 9.18. The fraction of sp³-hybridized carbons (Fsp3) is 0.296. The zero-order valence-electron chi connectivity index (χ0n) is 20.4. The molecule has 1 aliphatic heterocycles. The molecule has 4 aromatic rings. The first-order valence-corrected chi connectivity index (χ1v) is 13.7. The predicted octanol–water partition coefficient (Wildman–Crippen LogP) is 4.27. The van der Waals surface area contributed by atoms with E-state index in [1.165, 1.54) is 0 Å². The molecule has 0 bridgehead atoms. The van der Waals surface area contributed by atoms with Gasteiger partial charge in [0.2, 0.25) is 0 Å². The van der Waals surface area contributed by atoms with Crippen molar-refractivity contribution in [2.45, 2.75) is 32.4 Å². The van der Waals surface area contributed by atoms with E-state index in [9.17, 15) is 13.2 Å². The molecular weight excluding hydrogens is 476 g/mol. The Bertz CT molecular complexity index is 1550. The summed E-state index contributed by atoms with van der Waals surface area (Å²) in [6.07, 6.45) is 0.468. The van der Waals surface area contributed by atoms with E-state index in [1.807, 2.05) is 68.4 Å². The summed E-state index contributed by atoms with van der Waals surface area (Å²) >= 11 is 0. The molecule has 0 spiro atoms. The molecule has 1 N–H and O–H groups in total. The SMILES string of the molecule is COc1cccc(-c2cc(C(=O)NC(C)c3ccccc3)c3c(C)nn(C4CCS(=O)(=O)C4)c3n2)c1. The highest BCUT2D eigenvalue weighted by Crippen LogP contribution is 2.33. The van der Waals surface area contributed by atoms with Crippen molar-refractivity contribution >= 4 is 26.8 Å². The first-order valence-electron chi connectivity index (χ1n) is 11.9. The van der Waals surface area contributed by atoms with E-state index < -0.39 is 9.84 Å². The number of ether oxygens (including phenoxy) is 1. The van der Waals surface area contributed by atoms with E-state index in [0.29, 0.717) is 40.2 Å². The summed E-state index contributed by atoms with van der Waals surface area (Å²) in [5.74, 6) is 0.561. The topological polar surface area (TPSA) is 103 Å². The minimum absolute atomic E-state index is 0.0147. The van der Waals surface area contributed by atoms with Gasteiger partial charge in [-0.2, -0.15) is 5.10 Å². The molecule has 1 aliphatic rings. The Balaban J connectivity index is 1.65. The van der Waals surface area contributed by atoms with Gasteiger partial charge in [0.25, 0.3) is 5.91 Å². The maximum Gasteiger partial charge on any atom is 0.252 e. The van der Waals surface area contributed by atoms with Gasteiger partial charge in [0, 0.05) is 5.56 Å². The number of hydrogen-bond acceptors (Lipinski definition) is 6. The lowest BCUT2D eigenvalue weighted by atomic mass is 10.0. The van der Waals surface area contributed by atoms with Gasteiger partial charge in [-0.1, -0.05) is 42.5 Å². The number of fused-ring (bicyclic) bond motifs is 1. The standard InChI is InChI=1S/C27H28N4O4S/c1-17(19-8-5-4-6-9-19)28-27(32)23-15-24(20-10-7-11-22(14-20)35-3)29-26-25(23)18(2)30-31(26)21-12-13-36(33,34)16-21/h4-11,14-15,17,21H,12-13,16H2,1-3H3,(H,28,32). The number of benzene rings is 2. The molecule has 0 radical (unpaired) electrons. The first kappa shape index (κ1) is 24.0. The van der Waals surface area contributed by atoms with Crippen molar-refractivity contribution in [3.05, 3.63) is 77.5 Å². The lowest BCUT2D eigenvalue weighted by Crippen LogP contribution is -2.27. The monoisotopic (exact) mass is 504 g/mol. The molecule has 1 amide bonds. The van der Waals surface area contributed by atoms with Crippen molar-refractivity contribution < 1.29 is 17.9 Å². The molecule has 9 heteroatoms. The number of carbonyl (C=O) groups excluding carboxylic acids is 1. The van der Waals surface area contributed by atoms with Crippen LogP contribution in [-0.4, -0.2) is 47.7 Å². The quantitative estimate of drug-likeness (QED) is 0.421. The van der Waals surface area contributed by atoms with Crippen LogP contribution in [0.5, 0.6) is 5.75 Å². The Morgan fingerprint density at radius 1 is 1.14 bits per heavy atom. The highest BCUT2D eigenvalue weighted by molar-refractivity contribution is 7.91. The average molecular weight is 505 g/mol. The summed E-state index contributed by atoms with van der Waals surface area (Å²) in [5, 5.41) is 8.40. The van der Waals surface area contributed by atoms with E-state index in [1.54, 1.807) is 17.9 Å². The Kier molecular flexibility index (Phi) is 6.26. The molecule has 2 aromatic heterocycles. The molecule has 1 fully saturated rings. The molecule has 2 aromatic carbocycles. The van der Waals surface area contributed by atoms with Crippen LogP contribution in [0.2, 0.25) is 0 Å². The maximum absolute atomic E-state index is 13.6. The van der Waals surface area contributed by atoms with E-state index in [2.05, 4.69) is 10.4 Å². The average Bonchev–Trinajstić information content (AvgIpc) is 3.42. The third-order valence-electron chi connectivity index (χ3n) is 6.65. The van der Waals surface area contributed by atoms with Crippen LogP contribution in [0.4, 0.5) is 0 Å². The molecule has 2 unspecified atom stereocenters. The van der Waals surface area contributed by atoms with Gasteiger partial charge in [0.15, 0.2) is 15.5 Å². The van der Waals surface area contributed by atoms with Crippen molar-refractivity contribution in [3.8, 4) is 17.0 Å². The number of pyridine rings is 1. The van der Waals surface area contributed by atoms with Crippen molar-refractivity contribution in [3.63, 3.8) is 0 Å². The van der Waals surface area contributed by atoms with Gasteiger partial charge >= 0.3 is 0 Å². The summed E-state index contributed by atoms with van der Waals surface area (Å²) in [6, 6.07) is 18.5. The Morgan fingerprint density at radius 3 is 2.61 bits per heavy atom. The number of aryl methyl sites for hydroxylation is 1. The smallest absolute Gasteiger partial charge is 0.252 e. The Morgan fingerprint density at radius 2 is 1.92 bits per heavy atom. The molecule has 36 heavy (non-hydrogen) atoms. The minimum atomic E-state index is -3.13. The number of sulfone groups is 1. The largest absolute Gasteiger partial charge is 0.497 e. The zero-order chi connectivity index (χ0) is 25.4. The molecule has 0 aliphatic carbocycles. The molecule has 186 valence electrons. The Labute approximate surface area is 210 Å². The third-order valence-corrected chi connectivity index (χ3v) is 8.40. The molecule has 5 rings (SSSR count). The highest BCUT2D eigenvalue weighted by Gasteiger charge is 2.32. The predicted molar refractivity (Wildman–Crippen MR) is 139 cm³/mol. The number of nitrogens with zero attached hydrogens (tertiary/aromatic N) is 3. The van der Waals surface area contributed by atoms with Gasteiger partial charge in [-0.05, 0) is 44.0 Å². The van der Waals surface area contributed by atoms with E-state index in [4.69, 9.17) is 9.72 Å². The van der Waals surface area contributed by atoms with Crippen LogP contribution in [0.1, 0.15) is 47.0 Å². The van der Waals surface area contributed by atoms with E-state index in [0.717, 1.165) is 11.1 Å². The highest BCUT2D eigenvalue weighted by atomic mass is 32.2. The van der Waals surface area contributed by atoms with Crippen molar-refractivity contribution in [2.24, 2.45) is 0 Å². The second-order valence-corrected chi connectivity index (χ2v) is 11.4. The summed E-state index contributed by atoms with van der Waals surface area (Å²) < 4.78 is 31.5. The van der Waals surface area contributed by atoms with Gasteiger partial charge < -0.3 is 10.1 Å². The second kappa shape index (κ2) is 9.39. The fourth-order valence-corrected chi connectivity index (χ4v) is 6.44. The van der Waals surface area contributed by atoms with Crippen LogP contribution in [0.25, 0.3) is 22.3 Å². The number of carbonyl (C=O) groups is 1.